The van der Waals surface area contributed by atoms with Crippen molar-refractivity contribution in [2.45, 2.75) is 26.1 Å². The van der Waals surface area contributed by atoms with Gasteiger partial charge in [-0.05, 0) is 44.3 Å². The molecule has 156 valence electrons. The van der Waals surface area contributed by atoms with Crippen LogP contribution < -0.4 is 16.0 Å². The van der Waals surface area contributed by atoms with Gasteiger partial charge in [0, 0.05) is 0 Å². The van der Waals surface area contributed by atoms with Crippen molar-refractivity contribution in [2.24, 2.45) is 9.98 Å². The van der Waals surface area contributed by atoms with E-state index in [1.165, 1.54) is 0 Å². The van der Waals surface area contributed by atoms with Crippen molar-refractivity contribution in [3.05, 3.63) is 47.8 Å². The van der Waals surface area contributed by atoms with Crippen molar-refractivity contribution in [1.29, 1.82) is 0 Å². The number of rotatable bonds is 6. The van der Waals surface area contributed by atoms with E-state index in [1.54, 1.807) is 25.1 Å². The molecule has 1 aliphatic rings. The molecule has 0 spiro atoms. The number of guanidine groups is 1. The maximum Gasteiger partial charge on any atom is 0.415 e. The second-order valence-electron chi connectivity index (χ2n) is 6.31. The van der Waals surface area contributed by atoms with Gasteiger partial charge >= 0.3 is 6.18 Å². The number of halogens is 3. The number of ether oxygens (including phenoxy) is 1. The van der Waals surface area contributed by atoms with E-state index in [0.29, 0.717) is 13.2 Å². The molecule has 2 rings (SSSR count). The molecule has 3 N–H and O–H groups in total. The Kier molecular flexibility index (Phi) is 7.16. The lowest BCUT2D eigenvalue weighted by Gasteiger charge is -2.27. The molecule has 0 unspecified atom stereocenters. The molecule has 1 fully saturated rings. The molecule has 0 aliphatic carbocycles. The first-order chi connectivity index (χ1) is 13.6. The van der Waals surface area contributed by atoms with Gasteiger partial charge in [0.15, 0.2) is 0 Å². The van der Waals surface area contributed by atoms with Crippen LogP contribution in [0.4, 0.5) is 24.5 Å². The normalized spacial score (nSPS) is 15.7. The van der Waals surface area contributed by atoms with E-state index >= 15 is 0 Å². The molecule has 1 aliphatic heterocycles. The zero-order chi connectivity index (χ0) is 21.6. The highest BCUT2D eigenvalue weighted by molar-refractivity contribution is 6.01. The summed E-state index contributed by atoms with van der Waals surface area (Å²) in [7, 11) is 0. The minimum Gasteiger partial charge on any atom is -0.377 e. The number of anilines is 2. The van der Waals surface area contributed by atoms with Gasteiger partial charge in [0.2, 0.25) is 11.9 Å². The number of amides is 1. The molecule has 1 aromatic rings. The number of carbonyl (C=O) groups excluding carboxylic acids is 1. The molecule has 10 heteroatoms. The van der Waals surface area contributed by atoms with Crippen LogP contribution >= 0.6 is 0 Å². The van der Waals surface area contributed by atoms with E-state index in [0.717, 1.165) is 18.6 Å². The summed E-state index contributed by atoms with van der Waals surface area (Å²) in [6.45, 7) is 10.2. The Hall–Kier alpha value is -3.14. The second kappa shape index (κ2) is 9.37. The summed E-state index contributed by atoms with van der Waals surface area (Å²) < 4.78 is 45.2. The number of alkyl halides is 3. The van der Waals surface area contributed by atoms with Crippen molar-refractivity contribution in [1.82, 2.24) is 5.32 Å². The molecule has 0 radical (unpaired) electrons. The molecule has 7 nitrogen and oxygen atoms in total. The first-order valence-corrected chi connectivity index (χ1v) is 8.63. The van der Waals surface area contributed by atoms with Gasteiger partial charge in [0.1, 0.15) is 5.82 Å². The molecule has 1 heterocycles. The van der Waals surface area contributed by atoms with Gasteiger partial charge in [-0.25, -0.2) is 4.99 Å². The molecule has 0 bridgehead atoms. The highest BCUT2D eigenvalue weighted by Crippen LogP contribution is 2.31. The number of hydrogen-bond acceptors (Lipinski definition) is 4. The number of aryl methyl sites for hydroxylation is 1. The minimum atomic E-state index is -4.63. The largest absolute Gasteiger partial charge is 0.415 e. The summed E-state index contributed by atoms with van der Waals surface area (Å²) in [4.78, 5) is 19.3. The Bertz CT molecular complexity index is 858. The Balaban J connectivity index is 2.44. The second-order valence-corrected chi connectivity index (χ2v) is 6.31. The Morgan fingerprint density at radius 3 is 2.48 bits per heavy atom. The van der Waals surface area contributed by atoms with Gasteiger partial charge in [0.25, 0.3) is 0 Å². The number of benzene rings is 1. The highest BCUT2D eigenvalue weighted by Gasteiger charge is 2.34. The summed E-state index contributed by atoms with van der Waals surface area (Å²) in [5, 5.41) is 8.07. The summed E-state index contributed by atoms with van der Waals surface area (Å²) >= 11 is 0. The van der Waals surface area contributed by atoms with Crippen molar-refractivity contribution < 1.29 is 22.7 Å². The lowest BCUT2D eigenvalue weighted by molar-refractivity contribution is -0.111. The number of carbonyl (C=O) groups is 1. The van der Waals surface area contributed by atoms with E-state index in [1.807, 2.05) is 0 Å². The molecular weight excluding hydrogens is 387 g/mol. The SMILES string of the molecule is C=CC(=O)Nc1cc(C)ccc1NC(/N=C(\N=C)NC1COC1)=C(/C)C(F)(F)F. The lowest BCUT2D eigenvalue weighted by Crippen LogP contribution is -2.48. The van der Waals surface area contributed by atoms with E-state index in [4.69, 9.17) is 4.74 Å². The van der Waals surface area contributed by atoms with Crippen molar-refractivity contribution in [3.63, 3.8) is 0 Å². The smallest absolute Gasteiger partial charge is 0.377 e. The molecule has 0 atom stereocenters. The maximum absolute atomic E-state index is 13.4. The van der Waals surface area contributed by atoms with Crippen LogP contribution in [0.2, 0.25) is 0 Å². The number of nitrogens with one attached hydrogen (secondary N) is 3. The first-order valence-electron chi connectivity index (χ1n) is 8.63. The Labute approximate surface area is 166 Å². The average molecular weight is 409 g/mol. The number of hydrogen-bond donors (Lipinski definition) is 3. The van der Waals surface area contributed by atoms with Gasteiger partial charge in [-0.1, -0.05) is 12.6 Å². The van der Waals surface area contributed by atoms with Crippen LogP contribution in [0.5, 0.6) is 0 Å². The van der Waals surface area contributed by atoms with Crippen molar-refractivity contribution in [3.8, 4) is 0 Å². The third kappa shape index (κ3) is 6.18. The molecule has 1 amide bonds. The predicted molar refractivity (Wildman–Crippen MR) is 107 cm³/mol. The molecule has 0 aromatic heterocycles. The van der Waals surface area contributed by atoms with Crippen LogP contribution in [-0.4, -0.2) is 44.0 Å². The fraction of sp³-hybridized carbons (Fsp3) is 0.316. The molecule has 29 heavy (non-hydrogen) atoms. The fourth-order valence-corrected chi connectivity index (χ4v) is 2.24. The van der Waals surface area contributed by atoms with Gasteiger partial charge in [-0.3, -0.25) is 4.79 Å². The Morgan fingerprint density at radius 1 is 1.28 bits per heavy atom. The molecule has 0 saturated carbocycles. The van der Waals surface area contributed by atoms with Crippen molar-refractivity contribution in [2.75, 3.05) is 23.8 Å². The summed E-state index contributed by atoms with van der Waals surface area (Å²) in [6.07, 6.45) is -3.57. The van der Waals surface area contributed by atoms with Gasteiger partial charge in [-0.15, -0.1) is 0 Å². The van der Waals surface area contributed by atoms with Crippen LogP contribution in [0, 0.1) is 6.92 Å². The van der Waals surface area contributed by atoms with Crippen molar-refractivity contribution >= 4 is 30.0 Å². The van der Waals surface area contributed by atoms with Crippen LogP contribution in [-0.2, 0) is 9.53 Å². The Morgan fingerprint density at radius 2 is 1.97 bits per heavy atom. The fourth-order valence-electron chi connectivity index (χ4n) is 2.24. The van der Waals surface area contributed by atoms with Crippen LogP contribution in [0.25, 0.3) is 0 Å². The number of aliphatic imine (C=N–C) groups is 2. The third-order valence-corrected chi connectivity index (χ3v) is 3.99. The van der Waals surface area contributed by atoms with Crippen LogP contribution in [0.15, 0.2) is 52.2 Å². The lowest BCUT2D eigenvalue weighted by atomic mass is 10.1. The van der Waals surface area contributed by atoms with Crippen LogP contribution in [0.3, 0.4) is 0 Å². The van der Waals surface area contributed by atoms with E-state index in [2.05, 4.69) is 39.2 Å². The van der Waals surface area contributed by atoms with E-state index in [9.17, 15) is 18.0 Å². The predicted octanol–water partition coefficient (Wildman–Crippen LogP) is 3.37. The van der Waals surface area contributed by atoms with Crippen LogP contribution in [0.1, 0.15) is 12.5 Å². The molecule has 1 aromatic carbocycles. The van der Waals surface area contributed by atoms with Gasteiger partial charge < -0.3 is 20.7 Å². The summed E-state index contributed by atoms with van der Waals surface area (Å²) in [5.74, 6) is -1.06. The quantitative estimate of drug-likeness (QED) is 0.382. The van der Waals surface area contributed by atoms with E-state index in [-0.39, 0.29) is 23.4 Å². The molecular formula is C19H22F3N5O2. The summed E-state index contributed by atoms with van der Waals surface area (Å²) in [6, 6.07) is 4.74. The molecule has 1 saturated heterocycles. The highest BCUT2D eigenvalue weighted by atomic mass is 19.4. The first kappa shape index (κ1) is 22.2. The summed E-state index contributed by atoms with van der Waals surface area (Å²) in [5.41, 5.74) is 0.345. The minimum absolute atomic E-state index is 0.0758. The number of allylic oxidation sites excluding steroid dienone is 1. The van der Waals surface area contributed by atoms with E-state index < -0.39 is 23.5 Å². The topological polar surface area (TPSA) is 87.1 Å². The monoisotopic (exact) mass is 409 g/mol. The number of nitrogens with zero attached hydrogens (tertiary/aromatic N) is 2. The maximum atomic E-state index is 13.4. The zero-order valence-corrected chi connectivity index (χ0v) is 16.1. The third-order valence-electron chi connectivity index (χ3n) is 3.99. The van der Waals surface area contributed by atoms with Gasteiger partial charge in [0.05, 0.1) is 36.2 Å². The standard InChI is InChI=1S/C19H22F3N5O2/c1-5-16(28)25-15-8-11(2)6-7-14(15)26-17(12(3)19(20,21)22)27-18(23-4)24-13-9-29-10-13/h5-8,13,26H,1,4,9-10H2,2-3H3,(H,24,27)(H,25,28)/b17-12+. The average Bonchev–Trinajstić information content (AvgIpc) is 2.62. The van der Waals surface area contributed by atoms with Gasteiger partial charge in [-0.2, -0.15) is 18.2 Å². The zero-order valence-electron chi connectivity index (χ0n) is 16.1.